The Kier molecular flexibility index (Phi) is 9.51. The SMILES string of the molecule is Cc1cc(-c2cccc3c2oc2c(-c4ccccc4)cccc23)cc(-c2cccc(-c3cc(-c4cc(C(C)(C)C)cc(C(C)(C)C)c4)cc(-c4ccc(F)cc4O)n3)c2)n1. The Morgan fingerprint density at radius 2 is 0.983 bits per heavy atom. The van der Waals surface area contributed by atoms with Gasteiger partial charge in [0.2, 0.25) is 0 Å². The van der Waals surface area contributed by atoms with Crippen molar-refractivity contribution in [3.8, 4) is 72.9 Å². The van der Waals surface area contributed by atoms with Crippen LogP contribution < -0.4 is 0 Å². The third kappa shape index (κ3) is 7.37. The molecule has 0 bridgehead atoms. The number of furan rings is 1. The van der Waals surface area contributed by atoms with E-state index in [2.05, 4.69) is 151 Å². The zero-order chi connectivity index (χ0) is 41.9. The van der Waals surface area contributed by atoms with Crippen molar-refractivity contribution in [1.82, 2.24) is 9.97 Å². The molecule has 296 valence electrons. The van der Waals surface area contributed by atoms with Gasteiger partial charge in [-0.15, -0.1) is 0 Å². The van der Waals surface area contributed by atoms with Gasteiger partial charge in [-0.1, -0.05) is 145 Å². The molecule has 0 unspecified atom stereocenters. The largest absolute Gasteiger partial charge is 0.507 e. The van der Waals surface area contributed by atoms with Crippen molar-refractivity contribution in [1.29, 1.82) is 0 Å². The molecule has 0 atom stereocenters. The van der Waals surface area contributed by atoms with Gasteiger partial charge in [0.15, 0.2) is 0 Å². The zero-order valence-corrected chi connectivity index (χ0v) is 35.1. The van der Waals surface area contributed by atoms with Gasteiger partial charge in [0.25, 0.3) is 0 Å². The van der Waals surface area contributed by atoms with Crippen molar-refractivity contribution >= 4 is 21.9 Å². The third-order valence-electron chi connectivity index (χ3n) is 11.4. The molecule has 60 heavy (non-hydrogen) atoms. The van der Waals surface area contributed by atoms with Gasteiger partial charge in [0, 0.05) is 50.4 Å². The molecule has 5 heteroatoms. The standard InChI is InChI=1S/C55H47FN2O2/c1-33-24-39(44-19-13-21-46-45-20-12-18-43(52(45)60-53(44)46)34-14-9-8-10-15-34)30-48(57-33)35-16-11-17-36(25-35)49-28-38(29-50(58-49)47-23-22-42(56)32-51(47)59)37-26-40(54(2,3)4)31-41(27-37)55(5,6)7/h8-32,59H,1-7H3. The van der Waals surface area contributed by atoms with Crippen molar-refractivity contribution in [3.05, 3.63) is 174 Å². The summed E-state index contributed by atoms with van der Waals surface area (Å²) < 4.78 is 21.0. The summed E-state index contributed by atoms with van der Waals surface area (Å²) in [4.78, 5) is 10.2. The van der Waals surface area contributed by atoms with Crippen LogP contribution in [0.5, 0.6) is 5.75 Å². The van der Waals surface area contributed by atoms with Gasteiger partial charge in [-0.2, -0.15) is 0 Å². The van der Waals surface area contributed by atoms with Crippen LogP contribution in [-0.2, 0) is 10.8 Å². The summed E-state index contributed by atoms with van der Waals surface area (Å²) >= 11 is 0. The van der Waals surface area contributed by atoms with Crippen molar-refractivity contribution in [2.24, 2.45) is 0 Å². The van der Waals surface area contributed by atoms with Gasteiger partial charge < -0.3 is 9.52 Å². The topological polar surface area (TPSA) is 59.2 Å². The fraction of sp³-hybridized carbons (Fsp3) is 0.164. The second kappa shape index (κ2) is 14.8. The average molecular weight is 787 g/mol. The van der Waals surface area contributed by atoms with E-state index in [1.54, 1.807) is 6.07 Å². The number of pyridine rings is 2. The van der Waals surface area contributed by atoms with Crippen LogP contribution in [0.4, 0.5) is 4.39 Å². The highest BCUT2D eigenvalue weighted by Crippen LogP contribution is 2.42. The monoisotopic (exact) mass is 786 g/mol. The number of nitrogens with zero attached hydrogens (tertiary/aromatic N) is 2. The van der Waals surface area contributed by atoms with Crippen LogP contribution in [-0.4, -0.2) is 15.1 Å². The molecule has 0 spiro atoms. The lowest BCUT2D eigenvalue weighted by molar-refractivity contribution is 0.471. The highest BCUT2D eigenvalue weighted by molar-refractivity contribution is 6.13. The molecule has 1 N–H and O–H groups in total. The van der Waals surface area contributed by atoms with Crippen LogP contribution in [0.15, 0.2) is 156 Å². The number of para-hydroxylation sites is 2. The molecule has 0 fully saturated rings. The molecule has 4 nitrogen and oxygen atoms in total. The summed E-state index contributed by atoms with van der Waals surface area (Å²) in [7, 11) is 0. The highest BCUT2D eigenvalue weighted by Gasteiger charge is 2.23. The average Bonchev–Trinajstić information content (AvgIpc) is 3.62. The second-order valence-corrected chi connectivity index (χ2v) is 17.9. The molecule has 0 aliphatic rings. The number of phenolic OH excluding ortho intramolecular Hbond substituents is 1. The van der Waals surface area contributed by atoms with Crippen molar-refractivity contribution in [2.45, 2.75) is 59.3 Å². The maximum absolute atomic E-state index is 14.2. The Morgan fingerprint density at radius 3 is 1.60 bits per heavy atom. The fourth-order valence-electron chi connectivity index (χ4n) is 8.07. The minimum Gasteiger partial charge on any atom is -0.507 e. The van der Waals surface area contributed by atoms with Gasteiger partial charge in [0.05, 0.1) is 17.1 Å². The number of fused-ring (bicyclic) bond motifs is 3. The van der Waals surface area contributed by atoms with E-state index >= 15 is 0 Å². The Morgan fingerprint density at radius 1 is 0.450 bits per heavy atom. The Labute approximate surface area is 351 Å². The van der Waals surface area contributed by atoms with E-state index in [-0.39, 0.29) is 16.6 Å². The molecule has 0 aliphatic carbocycles. The summed E-state index contributed by atoms with van der Waals surface area (Å²) in [5.41, 5.74) is 15.4. The molecule has 0 radical (unpaired) electrons. The van der Waals surface area contributed by atoms with Crippen molar-refractivity contribution < 1.29 is 13.9 Å². The minimum absolute atomic E-state index is 0.0844. The number of aryl methyl sites for hydroxylation is 1. The van der Waals surface area contributed by atoms with E-state index < -0.39 is 5.82 Å². The van der Waals surface area contributed by atoms with Gasteiger partial charge in [0.1, 0.15) is 22.7 Å². The number of phenols is 1. The quantitative estimate of drug-likeness (QED) is 0.182. The molecular formula is C55H47FN2O2. The van der Waals surface area contributed by atoms with Crippen molar-refractivity contribution in [2.75, 3.05) is 0 Å². The van der Waals surface area contributed by atoms with Crippen LogP contribution >= 0.6 is 0 Å². The van der Waals surface area contributed by atoms with Gasteiger partial charge >= 0.3 is 0 Å². The van der Waals surface area contributed by atoms with E-state index in [4.69, 9.17) is 14.4 Å². The number of hydrogen-bond acceptors (Lipinski definition) is 4. The maximum atomic E-state index is 14.2. The summed E-state index contributed by atoms with van der Waals surface area (Å²) in [5.74, 6) is -0.669. The zero-order valence-electron chi connectivity index (χ0n) is 35.1. The number of aromatic nitrogens is 2. The Balaban J connectivity index is 1.18. The molecule has 0 amide bonds. The number of benzene rings is 6. The molecule has 9 aromatic rings. The lowest BCUT2D eigenvalue weighted by Crippen LogP contribution is -2.16. The Bertz CT molecular complexity index is 3060. The van der Waals surface area contributed by atoms with E-state index in [0.29, 0.717) is 11.3 Å². The van der Waals surface area contributed by atoms with E-state index in [1.165, 1.54) is 17.2 Å². The molecule has 3 heterocycles. The first-order chi connectivity index (χ1) is 28.7. The molecule has 0 aliphatic heterocycles. The smallest absolute Gasteiger partial charge is 0.143 e. The lowest BCUT2D eigenvalue weighted by atomic mass is 9.79. The predicted octanol–water partition coefficient (Wildman–Crippen LogP) is 15.1. The van der Waals surface area contributed by atoms with Crippen LogP contribution in [0, 0.1) is 12.7 Å². The lowest BCUT2D eigenvalue weighted by Gasteiger charge is -2.26. The van der Waals surface area contributed by atoms with Crippen LogP contribution in [0.25, 0.3) is 89.1 Å². The molecular weight excluding hydrogens is 740 g/mol. The first-order valence-corrected chi connectivity index (χ1v) is 20.5. The summed E-state index contributed by atoms with van der Waals surface area (Å²) in [6.45, 7) is 15.4. The highest BCUT2D eigenvalue weighted by atomic mass is 19.1. The summed E-state index contributed by atoms with van der Waals surface area (Å²) in [6.07, 6.45) is 0. The van der Waals surface area contributed by atoms with E-state index in [9.17, 15) is 9.50 Å². The first-order valence-electron chi connectivity index (χ1n) is 20.5. The van der Waals surface area contributed by atoms with Crippen LogP contribution in [0.3, 0.4) is 0 Å². The van der Waals surface area contributed by atoms with Gasteiger partial charge in [-0.05, 0) is 93.6 Å². The third-order valence-corrected chi connectivity index (χ3v) is 11.4. The van der Waals surface area contributed by atoms with Crippen LogP contribution in [0.2, 0.25) is 0 Å². The number of halogens is 1. The molecule has 3 aromatic heterocycles. The predicted molar refractivity (Wildman–Crippen MR) is 246 cm³/mol. The van der Waals surface area contributed by atoms with E-state index in [0.717, 1.165) is 89.6 Å². The fourth-order valence-corrected chi connectivity index (χ4v) is 8.07. The minimum atomic E-state index is -0.508. The number of hydrogen-bond donors (Lipinski definition) is 1. The maximum Gasteiger partial charge on any atom is 0.143 e. The van der Waals surface area contributed by atoms with E-state index in [1.807, 2.05) is 31.2 Å². The normalized spacial score (nSPS) is 12.1. The first kappa shape index (κ1) is 38.7. The summed E-state index contributed by atoms with van der Waals surface area (Å²) in [6, 6.07) is 50.5. The molecule has 0 saturated heterocycles. The Hall–Kier alpha value is -6.85. The molecule has 0 saturated carbocycles. The number of rotatable bonds is 6. The van der Waals surface area contributed by atoms with Gasteiger partial charge in [-0.3, -0.25) is 4.98 Å². The van der Waals surface area contributed by atoms with Gasteiger partial charge in [-0.25, -0.2) is 9.37 Å². The molecule has 6 aromatic carbocycles. The second-order valence-electron chi connectivity index (χ2n) is 17.9. The van der Waals surface area contributed by atoms with Crippen LogP contribution in [0.1, 0.15) is 58.4 Å². The molecule has 9 rings (SSSR count). The van der Waals surface area contributed by atoms with Crippen molar-refractivity contribution in [3.63, 3.8) is 0 Å². The summed E-state index contributed by atoms with van der Waals surface area (Å²) in [5, 5.41) is 13.1. The number of aromatic hydroxyl groups is 1.